The maximum absolute atomic E-state index is 6.07. The van der Waals surface area contributed by atoms with Crippen molar-refractivity contribution < 1.29 is 4.74 Å². The van der Waals surface area contributed by atoms with Gasteiger partial charge < -0.3 is 10.5 Å². The van der Waals surface area contributed by atoms with E-state index in [0.29, 0.717) is 5.25 Å². The van der Waals surface area contributed by atoms with Gasteiger partial charge in [0, 0.05) is 29.5 Å². The predicted molar refractivity (Wildman–Crippen MR) is 79.5 cm³/mol. The molecule has 0 spiro atoms. The Morgan fingerprint density at radius 1 is 1.47 bits per heavy atom. The van der Waals surface area contributed by atoms with Gasteiger partial charge in [-0.2, -0.15) is 11.8 Å². The van der Waals surface area contributed by atoms with Crippen LogP contribution in [0, 0.1) is 0 Å². The molecule has 0 fully saturated rings. The zero-order valence-electron chi connectivity index (χ0n) is 10.4. The molecule has 17 heavy (non-hydrogen) atoms. The smallest absolute Gasteiger partial charge is 0.0470 e. The van der Waals surface area contributed by atoms with E-state index in [9.17, 15) is 0 Å². The average molecular weight is 318 g/mol. The summed E-state index contributed by atoms with van der Waals surface area (Å²) in [5.74, 6) is 1.08. The van der Waals surface area contributed by atoms with Crippen molar-refractivity contribution in [3.8, 4) is 0 Å². The molecule has 0 bridgehead atoms. The molecule has 2 unspecified atom stereocenters. The highest BCUT2D eigenvalue weighted by Gasteiger charge is 2.16. The van der Waals surface area contributed by atoms with Crippen LogP contribution >= 0.6 is 27.7 Å². The lowest BCUT2D eigenvalue weighted by Crippen LogP contribution is -2.23. The van der Waals surface area contributed by atoms with Gasteiger partial charge in [0.05, 0.1) is 0 Å². The molecular weight excluding hydrogens is 298 g/mol. The van der Waals surface area contributed by atoms with Gasteiger partial charge in [-0.3, -0.25) is 0 Å². The Kier molecular flexibility index (Phi) is 7.19. The van der Waals surface area contributed by atoms with Gasteiger partial charge in [-0.1, -0.05) is 28.1 Å². The van der Waals surface area contributed by atoms with E-state index in [0.717, 1.165) is 23.3 Å². The number of thioether (sulfide) groups is 1. The number of hydrogen-bond acceptors (Lipinski definition) is 3. The second-order valence-corrected chi connectivity index (χ2v) is 6.22. The van der Waals surface area contributed by atoms with E-state index < -0.39 is 0 Å². The maximum Gasteiger partial charge on any atom is 0.0470 e. The number of methoxy groups -OCH3 is 1. The monoisotopic (exact) mass is 317 g/mol. The Balaban J connectivity index is 2.59. The molecular formula is C13H20BrNOS. The SMILES string of the molecule is COCCCSC(c1cccc(Br)c1)C(C)N. The highest BCUT2D eigenvalue weighted by Crippen LogP contribution is 2.32. The average Bonchev–Trinajstić information content (AvgIpc) is 2.28. The van der Waals surface area contributed by atoms with Crippen LogP contribution in [0.5, 0.6) is 0 Å². The summed E-state index contributed by atoms with van der Waals surface area (Å²) in [7, 11) is 1.74. The fourth-order valence-corrected chi connectivity index (χ4v) is 3.25. The Hall–Kier alpha value is -0.0300. The van der Waals surface area contributed by atoms with Crippen molar-refractivity contribution >= 4 is 27.7 Å². The molecule has 1 aromatic carbocycles. The molecule has 0 aliphatic carbocycles. The first-order valence-electron chi connectivity index (χ1n) is 5.76. The summed E-state index contributed by atoms with van der Waals surface area (Å²) >= 11 is 5.41. The summed E-state index contributed by atoms with van der Waals surface area (Å²) in [6, 6.07) is 8.54. The van der Waals surface area contributed by atoms with E-state index in [2.05, 4.69) is 41.1 Å². The molecule has 0 aliphatic rings. The molecule has 2 atom stereocenters. The van der Waals surface area contributed by atoms with Crippen molar-refractivity contribution in [2.75, 3.05) is 19.5 Å². The quantitative estimate of drug-likeness (QED) is 0.780. The Morgan fingerprint density at radius 3 is 2.82 bits per heavy atom. The third kappa shape index (κ3) is 5.42. The number of hydrogen-bond donors (Lipinski definition) is 1. The first-order chi connectivity index (χ1) is 8.15. The van der Waals surface area contributed by atoms with Gasteiger partial charge in [-0.05, 0) is 36.8 Å². The Labute approximate surface area is 116 Å². The molecule has 0 saturated heterocycles. The van der Waals surface area contributed by atoms with Crippen LogP contribution in [-0.2, 0) is 4.74 Å². The van der Waals surface area contributed by atoms with Gasteiger partial charge in [-0.15, -0.1) is 0 Å². The molecule has 0 amide bonds. The molecule has 0 aliphatic heterocycles. The normalized spacial score (nSPS) is 14.6. The van der Waals surface area contributed by atoms with Crippen molar-refractivity contribution in [3.05, 3.63) is 34.3 Å². The molecule has 0 aromatic heterocycles. The second kappa shape index (κ2) is 8.14. The first-order valence-corrected chi connectivity index (χ1v) is 7.61. The standard InChI is InChI=1S/C13H20BrNOS/c1-10(15)13(17-8-4-7-16-2)11-5-3-6-12(14)9-11/h3,5-6,9-10,13H,4,7-8,15H2,1-2H3. The van der Waals surface area contributed by atoms with Gasteiger partial charge >= 0.3 is 0 Å². The van der Waals surface area contributed by atoms with Crippen molar-refractivity contribution in [1.29, 1.82) is 0 Å². The third-order valence-electron chi connectivity index (χ3n) is 2.44. The van der Waals surface area contributed by atoms with Crippen LogP contribution in [-0.4, -0.2) is 25.5 Å². The number of halogens is 1. The first kappa shape index (κ1) is 15.0. The molecule has 4 heteroatoms. The number of nitrogens with two attached hydrogens (primary N) is 1. The van der Waals surface area contributed by atoms with Gasteiger partial charge in [0.25, 0.3) is 0 Å². The van der Waals surface area contributed by atoms with Crippen LogP contribution in [0.25, 0.3) is 0 Å². The Bertz CT molecular complexity index is 333. The molecule has 2 nitrogen and oxygen atoms in total. The Morgan fingerprint density at radius 2 is 2.24 bits per heavy atom. The minimum absolute atomic E-state index is 0.150. The zero-order chi connectivity index (χ0) is 12.7. The van der Waals surface area contributed by atoms with Crippen molar-refractivity contribution in [2.45, 2.75) is 24.6 Å². The van der Waals surface area contributed by atoms with Crippen LogP contribution in [0.15, 0.2) is 28.7 Å². The third-order valence-corrected chi connectivity index (χ3v) is 4.52. The lowest BCUT2D eigenvalue weighted by molar-refractivity contribution is 0.200. The molecule has 0 heterocycles. The summed E-state index contributed by atoms with van der Waals surface area (Å²) < 4.78 is 6.17. The number of ether oxygens (including phenoxy) is 1. The van der Waals surface area contributed by atoms with Crippen molar-refractivity contribution in [3.63, 3.8) is 0 Å². The fourth-order valence-electron chi connectivity index (χ4n) is 1.65. The van der Waals surface area contributed by atoms with E-state index in [1.807, 2.05) is 17.8 Å². The van der Waals surface area contributed by atoms with E-state index >= 15 is 0 Å². The number of benzene rings is 1. The predicted octanol–water partition coefficient (Wildman–Crippen LogP) is 3.61. The topological polar surface area (TPSA) is 35.2 Å². The van der Waals surface area contributed by atoms with E-state index in [-0.39, 0.29) is 6.04 Å². The molecule has 0 radical (unpaired) electrons. The van der Waals surface area contributed by atoms with Crippen LogP contribution < -0.4 is 5.73 Å². The molecule has 96 valence electrons. The summed E-state index contributed by atoms with van der Waals surface area (Å²) in [6.07, 6.45) is 1.07. The molecule has 1 aromatic rings. The van der Waals surface area contributed by atoms with Gasteiger partial charge in [0.1, 0.15) is 0 Å². The summed E-state index contributed by atoms with van der Waals surface area (Å²) in [5.41, 5.74) is 7.35. The molecule has 2 N–H and O–H groups in total. The molecule has 0 saturated carbocycles. The van der Waals surface area contributed by atoms with E-state index in [1.54, 1.807) is 7.11 Å². The van der Waals surface area contributed by atoms with Crippen LogP contribution in [0.4, 0.5) is 0 Å². The van der Waals surface area contributed by atoms with Gasteiger partial charge in [-0.25, -0.2) is 0 Å². The largest absolute Gasteiger partial charge is 0.385 e. The van der Waals surface area contributed by atoms with Crippen LogP contribution in [0.3, 0.4) is 0 Å². The summed E-state index contributed by atoms with van der Waals surface area (Å²) in [4.78, 5) is 0. The second-order valence-electron chi connectivity index (χ2n) is 4.05. The highest BCUT2D eigenvalue weighted by molar-refractivity contribution is 9.10. The van der Waals surface area contributed by atoms with Crippen molar-refractivity contribution in [2.24, 2.45) is 5.73 Å². The van der Waals surface area contributed by atoms with Crippen molar-refractivity contribution in [1.82, 2.24) is 0 Å². The van der Waals surface area contributed by atoms with E-state index in [4.69, 9.17) is 10.5 Å². The van der Waals surface area contributed by atoms with Crippen LogP contribution in [0.1, 0.15) is 24.2 Å². The maximum atomic E-state index is 6.07. The lowest BCUT2D eigenvalue weighted by atomic mass is 10.1. The minimum atomic E-state index is 0.150. The van der Waals surface area contributed by atoms with Gasteiger partial charge in [0.2, 0.25) is 0 Å². The number of rotatable bonds is 7. The molecule has 1 rings (SSSR count). The lowest BCUT2D eigenvalue weighted by Gasteiger charge is -2.21. The van der Waals surface area contributed by atoms with Crippen LogP contribution in [0.2, 0.25) is 0 Å². The fraction of sp³-hybridized carbons (Fsp3) is 0.538. The summed E-state index contributed by atoms with van der Waals surface area (Å²) in [5, 5.41) is 0.351. The zero-order valence-corrected chi connectivity index (χ0v) is 12.8. The highest BCUT2D eigenvalue weighted by atomic mass is 79.9. The minimum Gasteiger partial charge on any atom is -0.385 e. The van der Waals surface area contributed by atoms with E-state index in [1.165, 1.54) is 5.56 Å². The summed E-state index contributed by atoms with van der Waals surface area (Å²) in [6.45, 7) is 2.88. The van der Waals surface area contributed by atoms with Gasteiger partial charge in [0.15, 0.2) is 0 Å².